The number of amides is 1. The van der Waals surface area contributed by atoms with Crippen molar-refractivity contribution < 1.29 is 14.6 Å². The highest BCUT2D eigenvalue weighted by Gasteiger charge is 2.31. The van der Waals surface area contributed by atoms with Crippen LogP contribution >= 0.6 is 0 Å². The van der Waals surface area contributed by atoms with Crippen molar-refractivity contribution >= 4 is 5.91 Å². The first-order chi connectivity index (χ1) is 11.2. The molecule has 2 aromatic carbocycles. The van der Waals surface area contributed by atoms with Crippen LogP contribution in [0.3, 0.4) is 0 Å². The highest BCUT2D eigenvalue weighted by Crippen LogP contribution is 2.31. The zero-order valence-electron chi connectivity index (χ0n) is 12.9. The normalized spacial score (nSPS) is 19.3. The molecule has 4 nitrogen and oxygen atoms in total. The molecule has 0 saturated heterocycles. The van der Waals surface area contributed by atoms with Gasteiger partial charge in [0.05, 0.1) is 25.4 Å². The first-order valence-electron chi connectivity index (χ1n) is 7.91. The van der Waals surface area contributed by atoms with Crippen molar-refractivity contribution in [1.82, 2.24) is 5.32 Å². The molecule has 23 heavy (non-hydrogen) atoms. The third-order valence-corrected chi connectivity index (χ3v) is 4.11. The van der Waals surface area contributed by atoms with Gasteiger partial charge in [-0.3, -0.25) is 4.79 Å². The maximum atomic E-state index is 12.1. The summed E-state index contributed by atoms with van der Waals surface area (Å²) in [5, 5.41) is 13.0. The lowest BCUT2D eigenvalue weighted by Gasteiger charge is -2.18. The molecule has 0 spiro atoms. The third kappa shape index (κ3) is 3.97. The Morgan fingerprint density at radius 2 is 1.87 bits per heavy atom. The molecule has 0 bridgehead atoms. The van der Waals surface area contributed by atoms with Crippen molar-refractivity contribution in [3.63, 3.8) is 0 Å². The van der Waals surface area contributed by atoms with Crippen LogP contribution in [0.2, 0.25) is 0 Å². The van der Waals surface area contributed by atoms with Crippen molar-refractivity contribution in [2.45, 2.75) is 31.6 Å². The van der Waals surface area contributed by atoms with Gasteiger partial charge in [0.1, 0.15) is 0 Å². The minimum atomic E-state index is -0.554. The number of ether oxygens (including phenoxy) is 1. The van der Waals surface area contributed by atoms with E-state index in [9.17, 15) is 9.90 Å². The van der Waals surface area contributed by atoms with E-state index in [1.807, 2.05) is 54.6 Å². The summed E-state index contributed by atoms with van der Waals surface area (Å²) in [5.74, 6) is -0.0983. The lowest BCUT2D eigenvalue weighted by Crippen LogP contribution is -2.34. The number of fused-ring (bicyclic) bond motifs is 1. The predicted molar refractivity (Wildman–Crippen MR) is 87.8 cm³/mol. The van der Waals surface area contributed by atoms with Crippen LogP contribution in [0.1, 0.15) is 29.2 Å². The minimum Gasteiger partial charge on any atom is -0.390 e. The Morgan fingerprint density at radius 3 is 2.70 bits per heavy atom. The molecule has 2 aromatic rings. The highest BCUT2D eigenvalue weighted by molar-refractivity contribution is 5.76. The van der Waals surface area contributed by atoms with Gasteiger partial charge < -0.3 is 15.2 Å². The number of carbonyl (C=O) groups is 1. The molecule has 2 N–H and O–H groups in total. The second-order valence-corrected chi connectivity index (χ2v) is 5.80. The third-order valence-electron chi connectivity index (χ3n) is 4.11. The van der Waals surface area contributed by atoms with Crippen molar-refractivity contribution in [2.24, 2.45) is 0 Å². The molecule has 0 saturated carbocycles. The number of rotatable bonds is 6. The fourth-order valence-electron chi connectivity index (χ4n) is 2.92. The molecule has 3 rings (SSSR count). The van der Waals surface area contributed by atoms with E-state index in [2.05, 4.69) is 5.32 Å². The Bertz CT molecular complexity index is 657. The molecule has 1 aliphatic carbocycles. The smallest absolute Gasteiger partial charge is 0.222 e. The predicted octanol–water partition coefficient (Wildman–Crippen LogP) is 2.37. The first kappa shape index (κ1) is 15.7. The van der Waals surface area contributed by atoms with Crippen LogP contribution in [0.25, 0.3) is 0 Å². The zero-order chi connectivity index (χ0) is 16.1. The molecule has 0 aliphatic heterocycles. The van der Waals surface area contributed by atoms with E-state index in [0.717, 1.165) is 16.7 Å². The topological polar surface area (TPSA) is 58.6 Å². The molecule has 0 aromatic heterocycles. The van der Waals surface area contributed by atoms with Gasteiger partial charge in [-0.15, -0.1) is 0 Å². The zero-order valence-corrected chi connectivity index (χ0v) is 12.9. The van der Waals surface area contributed by atoms with Gasteiger partial charge in [0, 0.05) is 12.8 Å². The van der Waals surface area contributed by atoms with Crippen LogP contribution in [-0.2, 0) is 22.6 Å². The Labute approximate surface area is 136 Å². The Morgan fingerprint density at radius 1 is 1.13 bits per heavy atom. The number of hydrogen-bond acceptors (Lipinski definition) is 3. The van der Waals surface area contributed by atoms with Gasteiger partial charge in [-0.05, 0) is 16.7 Å². The van der Waals surface area contributed by atoms with Crippen molar-refractivity contribution in [1.29, 1.82) is 0 Å². The maximum absolute atomic E-state index is 12.1. The van der Waals surface area contributed by atoms with Gasteiger partial charge in [-0.25, -0.2) is 0 Å². The van der Waals surface area contributed by atoms with E-state index in [-0.39, 0.29) is 18.4 Å². The summed E-state index contributed by atoms with van der Waals surface area (Å²) in [6, 6.07) is 17.4. The highest BCUT2D eigenvalue weighted by atomic mass is 16.5. The fraction of sp³-hybridized carbons (Fsp3) is 0.316. The number of carbonyl (C=O) groups excluding carboxylic acids is 1. The lowest BCUT2D eigenvalue weighted by atomic mass is 10.1. The van der Waals surface area contributed by atoms with Gasteiger partial charge >= 0.3 is 0 Å². The average Bonchev–Trinajstić information content (AvgIpc) is 2.88. The number of aliphatic hydroxyl groups excluding tert-OH is 1. The largest absolute Gasteiger partial charge is 0.390 e. The summed E-state index contributed by atoms with van der Waals surface area (Å²) >= 11 is 0. The van der Waals surface area contributed by atoms with Crippen LogP contribution < -0.4 is 5.32 Å². The van der Waals surface area contributed by atoms with E-state index < -0.39 is 6.10 Å². The van der Waals surface area contributed by atoms with Gasteiger partial charge in [0.25, 0.3) is 0 Å². The van der Waals surface area contributed by atoms with E-state index in [0.29, 0.717) is 19.6 Å². The number of aliphatic hydroxyl groups is 1. The second-order valence-electron chi connectivity index (χ2n) is 5.80. The Hall–Kier alpha value is -2.17. The second kappa shape index (κ2) is 7.40. The van der Waals surface area contributed by atoms with Crippen LogP contribution in [0.15, 0.2) is 54.6 Å². The van der Waals surface area contributed by atoms with Gasteiger partial charge in [0.2, 0.25) is 5.91 Å². The standard InChI is InChI=1S/C19H21NO3/c21-17-12-15-8-4-5-9-16(15)19(17)20-18(22)10-11-23-13-14-6-2-1-3-7-14/h1-9,17,19,21H,10-13H2,(H,20,22)/t17-,19+/m0/s1. The molecule has 0 fully saturated rings. The molecule has 120 valence electrons. The van der Waals surface area contributed by atoms with Gasteiger partial charge in [-0.2, -0.15) is 0 Å². The number of benzene rings is 2. The molecule has 1 aliphatic rings. The van der Waals surface area contributed by atoms with Crippen molar-refractivity contribution in [2.75, 3.05) is 6.61 Å². The SMILES string of the molecule is O=C(CCOCc1ccccc1)N[C@@H]1c2ccccc2C[C@@H]1O. The van der Waals surface area contributed by atoms with E-state index >= 15 is 0 Å². The molecule has 0 radical (unpaired) electrons. The summed E-state index contributed by atoms with van der Waals surface area (Å²) in [5.41, 5.74) is 3.21. The van der Waals surface area contributed by atoms with Crippen LogP contribution in [0.4, 0.5) is 0 Å². The average molecular weight is 311 g/mol. The molecule has 0 unspecified atom stereocenters. The van der Waals surface area contributed by atoms with Gasteiger partial charge in [0.15, 0.2) is 0 Å². The van der Waals surface area contributed by atoms with E-state index in [1.54, 1.807) is 0 Å². The molecular formula is C19H21NO3. The maximum Gasteiger partial charge on any atom is 0.222 e. The van der Waals surface area contributed by atoms with Crippen LogP contribution in [0.5, 0.6) is 0 Å². The summed E-state index contributed by atoms with van der Waals surface area (Å²) in [6.07, 6.45) is 0.325. The van der Waals surface area contributed by atoms with Crippen molar-refractivity contribution in [3.8, 4) is 0 Å². The first-order valence-corrected chi connectivity index (χ1v) is 7.91. The monoisotopic (exact) mass is 311 g/mol. The van der Waals surface area contributed by atoms with E-state index in [1.165, 1.54) is 0 Å². The van der Waals surface area contributed by atoms with Gasteiger partial charge in [-0.1, -0.05) is 54.6 Å². The Balaban J connectivity index is 1.45. The number of hydrogen-bond donors (Lipinski definition) is 2. The lowest BCUT2D eigenvalue weighted by molar-refractivity contribution is -0.123. The molecule has 0 heterocycles. The van der Waals surface area contributed by atoms with E-state index in [4.69, 9.17) is 4.74 Å². The summed E-state index contributed by atoms with van der Waals surface area (Å²) in [4.78, 5) is 12.1. The van der Waals surface area contributed by atoms with Crippen LogP contribution in [0, 0.1) is 0 Å². The number of nitrogens with one attached hydrogen (secondary N) is 1. The molecule has 2 atom stereocenters. The Kier molecular flexibility index (Phi) is 5.05. The molecular weight excluding hydrogens is 290 g/mol. The van der Waals surface area contributed by atoms with Crippen molar-refractivity contribution in [3.05, 3.63) is 71.3 Å². The summed E-state index contributed by atoms with van der Waals surface area (Å²) < 4.78 is 5.53. The van der Waals surface area contributed by atoms with Crippen LogP contribution in [-0.4, -0.2) is 23.7 Å². The molecule has 1 amide bonds. The molecule has 4 heteroatoms. The fourth-order valence-corrected chi connectivity index (χ4v) is 2.92. The summed E-state index contributed by atoms with van der Waals surface area (Å²) in [6.45, 7) is 0.869. The minimum absolute atomic E-state index is 0.0983. The quantitative estimate of drug-likeness (QED) is 0.805. The summed E-state index contributed by atoms with van der Waals surface area (Å²) in [7, 11) is 0.